The van der Waals surface area contributed by atoms with Crippen molar-refractivity contribution in [2.45, 2.75) is 97.3 Å². The molecule has 1 aliphatic heterocycles. The summed E-state index contributed by atoms with van der Waals surface area (Å²) in [7, 11) is 0. The molecule has 0 aromatic carbocycles. The fourth-order valence-corrected chi connectivity index (χ4v) is 3.54. The molecule has 0 aliphatic carbocycles. The maximum Gasteiger partial charge on any atom is 0.242 e. The molecule has 0 bridgehead atoms. The number of likely N-dealkylation sites (tertiary alicyclic amines) is 1. The first kappa shape index (κ1) is 25.1. The van der Waals surface area contributed by atoms with Gasteiger partial charge in [0.1, 0.15) is 17.9 Å². The van der Waals surface area contributed by atoms with Gasteiger partial charge in [0.25, 0.3) is 0 Å². The molecule has 8 nitrogen and oxygen atoms in total. The molecule has 4 unspecified atom stereocenters. The lowest BCUT2D eigenvalue weighted by Gasteiger charge is -2.38. The Bertz CT molecular complexity index is 571. The largest absolute Gasteiger partial charge is 0.354 e. The van der Waals surface area contributed by atoms with Gasteiger partial charge in [-0.05, 0) is 47.0 Å². The number of rotatable bonds is 11. The standard InChI is InChI=1S/C21H38N4O4/c1-6-18(26)11-8-12-22-20(28)16(4)24-21(29)17(5)23-19(27)13-25-14(2)9-7-10-15(25)3/h14-17H,6-13H2,1-5H3,(H,22,28)(H,23,27)(H,24,29)/i23+1,24+1,25+1. The molecule has 29 heavy (non-hydrogen) atoms. The summed E-state index contributed by atoms with van der Waals surface area (Å²) in [5.41, 5.74) is 0. The topological polar surface area (TPSA) is 108 Å². The highest BCUT2D eigenvalue weighted by Crippen LogP contribution is 2.21. The van der Waals surface area contributed by atoms with E-state index in [0.29, 0.717) is 37.9 Å². The van der Waals surface area contributed by atoms with Gasteiger partial charge in [0.15, 0.2) is 0 Å². The molecule has 8 heteroatoms. The highest BCUT2D eigenvalue weighted by Gasteiger charge is 2.27. The van der Waals surface area contributed by atoms with E-state index in [2.05, 4.69) is 34.7 Å². The Morgan fingerprint density at radius 3 is 2.14 bits per heavy atom. The van der Waals surface area contributed by atoms with Crippen molar-refractivity contribution < 1.29 is 19.2 Å². The van der Waals surface area contributed by atoms with Gasteiger partial charge in [0.05, 0.1) is 6.54 Å². The number of hydrogen-bond acceptors (Lipinski definition) is 5. The molecule has 4 atom stereocenters. The number of nitrogens with zero attached hydrogens (tertiary/aromatic N) is 1. The minimum absolute atomic E-state index is 0.165. The van der Waals surface area contributed by atoms with Gasteiger partial charge in [0.2, 0.25) is 17.7 Å². The zero-order valence-corrected chi connectivity index (χ0v) is 18.5. The van der Waals surface area contributed by atoms with Gasteiger partial charge in [-0.25, -0.2) is 0 Å². The second kappa shape index (κ2) is 12.6. The van der Waals surface area contributed by atoms with E-state index < -0.39 is 18.0 Å². The highest BCUT2D eigenvalue weighted by atomic mass is 16.2. The third kappa shape index (κ3) is 8.94. The normalized spacial score (nSPS) is 21.7. The van der Waals surface area contributed by atoms with Gasteiger partial charge in [-0.3, -0.25) is 24.1 Å². The van der Waals surface area contributed by atoms with Gasteiger partial charge < -0.3 is 16.0 Å². The summed E-state index contributed by atoms with van der Waals surface area (Å²) in [6, 6.07) is -0.740. The van der Waals surface area contributed by atoms with Gasteiger partial charge in [-0.15, -0.1) is 0 Å². The van der Waals surface area contributed by atoms with E-state index in [-0.39, 0.29) is 24.1 Å². The molecule has 0 spiro atoms. The van der Waals surface area contributed by atoms with Crippen molar-refractivity contribution in [3.05, 3.63) is 0 Å². The monoisotopic (exact) mass is 413 g/mol. The molecule has 0 aromatic heterocycles. The third-order valence-electron chi connectivity index (χ3n) is 5.55. The maximum atomic E-state index is 12.4. The fraction of sp³-hybridized carbons (Fsp3) is 0.810. The predicted molar refractivity (Wildman–Crippen MR) is 112 cm³/mol. The van der Waals surface area contributed by atoms with E-state index in [9.17, 15) is 19.2 Å². The van der Waals surface area contributed by atoms with Crippen molar-refractivity contribution in [3.63, 3.8) is 0 Å². The number of amides is 3. The first-order chi connectivity index (χ1) is 13.6. The lowest BCUT2D eigenvalue weighted by atomic mass is 10.0. The zero-order chi connectivity index (χ0) is 22.0. The molecular weight excluding hydrogens is 375 g/mol. The van der Waals surface area contributed by atoms with Gasteiger partial charge in [0, 0.05) is 31.5 Å². The van der Waals surface area contributed by atoms with Crippen molar-refractivity contribution in [2.75, 3.05) is 13.1 Å². The van der Waals surface area contributed by atoms with E-state index >= 15 is 0 Å². The summed E-state index contributed by atoms with van der Waals surface area (Å²) in [5.74, 6) is -0.733. The molecule has 0 aromatic rings. The van der Waals surface area contributed by atoms with E-state index in [1.54, 1.807) is 13.8 Å². The molecule has 1 aliphatic rings. The number of carbonyl (C=O) groups is 4. The SMILES string of the molecule is CCC(=O)CCCNC(=O)C(C)[15NH]C(=O)C(C)[15NH]C(=O)C[15N]1C(C)CCCC1C. The molecule has 1 heterocycles. The van der Waals surface area contributed by atoms with Crippen molar-refractivity contribution in [1.82, 2.24) is 20.9 Å². The number of Topliss-reactive ketones (excluding diaryl/α,β-unsaturated/α-hetero) is 1. The van der Waals surface area contributed by atoms with Crippen LogP contribution in [0.5, 0.6) is 0 Å². The van der Waals surface area contributed by atoms with Crippen LogP contribution in [0.3, 0.4) is 0 Å². The number of ketones is 1. The summed E-state index contributed by atoms with van der Waals surface area (Å²) in [6.45, 7) is 9.92. The average molecular weight is 414 g/mol. The van der Waals surface area contributed by atoms with Crippen LogP contribution in [0.4, 0.5) is 0 Å². The Morgan fingerprint density at radius 2 is 1.55 bits per heavy atom. The molecule has 3 N–H and O–H groups in total. The summed E-state index contributed by atoms with van der Waals surface area (Å²) < 4.78 is 0. The first-order valence-electron chi connectivity index (χ1n) is 10.8. The van der Waals surface area contributed by atoms with E-state index in [0.717, 1.165) is 12.8 Å². The van der Waals surface area contributed by atoms with E-state index in [4.69, 9.17) is 0 Å². The van der Waals surface area contributed by atoms with Crippen LogP contribution < -0.4 is 16.0 Å². The number of carbonyl (C=O) groups excluding carboxylic acids is 4. The van der Waals surface area contributed by atoms with Crippen molar-refractivity contribution in [3.8, 4) is 0 Å². The van der Waals surface area contributed by atoms with Crippen molar-refractivity contribution in [2.24, 2.45) is 0 Å². The Hall–Kier alpha value is -1.96. The Balaban J connectivity index is 2.35. The van der Waals surface area contributed by atoms with E-state index in [1.807, 2.05) is 6.92 Å². The molecule has 166 valence electrons. The fourth-order valence-electron chi connectivity index (χ4n) is 3.54. The second-order valence-electron chi connectivity index (χ2n) is 8.11. The van der Waals surface area contributed by atoms with Crippen LogP contribution in [0.2, 0.25) is 0 Å². The molecule has 1 rings (SSSR count). The predicted octanol–water partition coefficient (Wildman–Crippen LogP) is 1.13. The van der Waals surface area contributed by atoms with Crippen molar-refractivity contribution >= 4 is 23.5 Å². The summed E-state index contributed by atoms with van der Waals surface area (Å²) in [6.07, 6.45) is 4.85. The Morgan fingerprint density at radius 1 is 0.966 bits per heavy atom. The van der Waals surface area contributed by atoms with Gasteiger partial charge >= 0.3 is 0 Å². The Labute approximate surface area is 174 Å². The smallest absolute Gasteiger partial charge is 0.242 e. The van der Waals surface area contributed by atoms with Crippen LogP contribution in [0, 0.1) is 0 Å². The second-order valence-corrected chi connectivity index (χ2v) is 8.11. The van der Waals surface area contributed by atoms with Crippen LogP contribution in [-0.4, -0.2) is 65.7 Å². The summed E-state index contributed by atoms with van der Waals surface area (Å²) in [4.78, 5) is 50.2. The van der Waals surface area contributed by atoms with Gasteiger partial charge in [-0.2, -0.15) is 0 Å². The minimum atomic E-state index is -0.727. The number of nitrogens with one attached hydrogen (secondary N) is 3. The first-order valence-corrected chi connectivity index (χ1v) is 10.8. The molecule has 1 fully saturated rings. The molecule has 0 radical (unpaired) electrons. The lowest BCUT2D eigenvalue weighted by molar-refractivity contribution is -0.132. The lowest BCUT2D eigenvalue weighted by Crippen LogP contribution is -2.54. The van der Waals surface area contributed by atoms with E-state index in [1.165, 1.54) is 6.42 Å². The van der Waals surface area contributed by atoms with Crippen LogP contribution in [0.1, 0.15) is 73.1 Å². The third-order valence-corrected chi connectivity index (χ3v) is 5.55. The van der Waals surface area contributed by atoms with Crippen LogP contribution in [-0.2, 0) is 19.2 Å². The van der Waals surface area contributed by atoms with Gasteiger partial charge in [-0.1, -0.05) is 13.3 Å². The summed E-state index contributed by atoms with van der Waals surface area (Å²) in [5, 5.41) is 8.05. The molecular formula is C21H38N4O4. The van der Waals surface area contributed by atoms with Crippen LogP contribution >= 0.6 is 0 Å². The van der Waals surface area contributed by atoms with Crippen molar-refractivity contribution in [1.29, 1.82) is 0 Å². The molecule has 1 saturated heterocycles. The Kier molecular flexibility index (Phi) is 10.9. The zero-order valence-electron chi connectivity index (χ0n) is 18.5. The van der Waals surface area contributed by atoms with Crippen LogP contribution in [0.25, 0.3) is 0 Å². The average Bonchev–Trinajstić information content (AvgIpc) is 2.67. The number of hydrogen-bond donors (Lipinski definition) is 3. The quantitative estimate of drug-likeness (QED) is 0.348. The molecule has 0 saturated carbocycles. The minimum Gasteiger partial charge on any atom is -0.354 e. The molecule has 3 amide bonds. The summed E-state index contributed by atoms with van der Waals surface area (Å²) >= 11 is 0. The highest BCUT2D eigenvalue weighted by molar-refractivity contribution is 5.92. The van der Waals surface area contributed by atoms with Crippen LogP contribution in [0.15, 0.2) is 0 Å². The maximum absolute atomic E-state index is 12.4. The number of piperidine rings is 1.